The van der Waals surface area contributed by atoms with Crippen LogP contribution in [0.1, 0.15) is 68.3 Å². The van der Waals surface area contributed by atoms with E-state index in [9.17, 15) is 9.59 Å². The predicted molar refractivity (Wildman–Crippen MR) is 91.1 cm³/mol. The van der Waals surface area contributed by atoms with Crippen molar-refractivity contribution < 1.29 is 18.7 Å². The minimum absolute atomic E-state index is 0.155. The first-order valence-corrected chi connectivity index (χ1v) is 8.47. The van der Waals surface area contributed by atoms with Crippen LogP contribution < -0.4 is 10.6 Å². The number of hydrogen-bond acceptors (Lipinski definition) is 4. The van der Waals surface area contributed by atoms with Crippen LogP contribution in [0, 0.1) is 13.8 Å². The first-order chi connectivity index (χ1) is 11.1. The van der Waals surface area contributed by atoms with Gasteiger partial charge in [0, 0.05) is 6.54 Å². The van der Waals surface area contributed by atoms with E-state index in [4.69, 9.17) is 9.15 Å². The Kier molecular flexibility index (Phi) is 5.26. The van der Waals surface area contributed by atoms with Crippen LogP contribution in [-0.4, -0.2) is 29.7 Å². The van der Waals surface area contributed by atoms with E-state index in [0.29, 0.717) is 23.6 Å². The fraction of sp³-hybridized carbons (Fsp3) is 0.667. The highest BCUT2D eigenvalue weighted by molar-refractivity contribution is 5.95. The molecule has 1 aliphatic carbocycles. The maximum atomic E-state index is 12.6. The molecule has 1 fully saturated rings. The Labute approximate surface area is 143 Å². The fourth-order valence-electron chi connectivity index (χ4n) is 3.12. The molecular formula is C18H28N2O4. The van der Waals surface area contributed by atoms with Crippen LogP contribution >= 0.6 is 0 Å². The van der Waals surface area contributed by atoms with E-state index in [1.165, 1.54) is 0 Å². The molecular weight excluding hydrogens is 308 g/mol. The van der Waals surface area contributed by atoms with Crippen LogP contribution in [0.3, 0.4) is 0 Å². The van der Waals surface area contributed by atoms with E-state index in [1.807, 2.05) is 27.7 Å². The van der Waals surface area contributed by atoms with Gasteiger partial charge in [-0.15, -0.1) is 0 Å². The van der Waals surface area contributed by atoms with Gasteiger partial charge in [0.1, 0.15) is 17.1 Å². The molecule has 0 aromatic carbocycles. The van der Waals surface area contributed by atoms with Gasteiger partial charge in [0.2, 0.25) is 0 Å². The van der Waals surface area contributed by atoms with Crippen LogP contribution in [0.25, 0.3) is 0 Å². The van der Waals surface area contributed by atoms with E-state index in [0.717, 1.165) is 25.7 Å². The van der Waals surface area contributed by atoms with Gasteiger partial charge in [-0.2, -0.15) is 0 Å². The first kappa shape index (κ1) is 18.4. The predicted octanol–water partition coefficient (Wildman–Crippen LogP) is 3.46. The quantitative estimate of drug-likeness (QED) is 0.882. The maximum absolute atomic E-state index is 12.6. The number of alkyl carbamates (subject to hydrolysis) is 1. The van der Waals surface area contributed by atoms with E-state index in [1.54, 1.807) is 13.0 Å². The van der Waals surface area contributed by atoms with E-state index in [-0.39, 0.29) is 5.91 Å². The highest BCUT2D eigenvalue weighted by atomic mass is 16.6. The summed E-state index contributed by atoms with van der Waals surface area (Å²) in [5.41, 5.74) is -0.413. The van der Waals surface area contributed by atoms with Crippen molar-refractivity contribution in [2.45, 2.75) is 71.4 Å². The summed E-state index contributed by atoms with van der Waals surface area (Å²) >= 11 is 0. The number of nitrogens with one attached hydrogen (secondary N) is 2. The highest BCUT2D eigenvalue weighted by Crippen LogP contribution is 2.30. The summed E-state index contributed by atoms with van der Waals surface area (Å²) in [6.07, 6.45) is 3.27. The minimum atomic E-state index is -0.540. The van der Waals surface area contributed by atoms with Crippen molar-refractivity contribution >= 4 is 12.0 Å². The van der Waals surface area contributed by atoms with Crippen molar-refractivity contribution in [3.05, 3.63) is 23.2 Å². The summed E-state index contributed by atoms with van der Waals surface area (Å²) in [5, 5.41) is 5.91. The monoisotopic (exact) mass is 336 g/mol. The second-order valence-electron chi connectivity index (χ2n) is 7.62. The van der Waals surface area contributed by atoms with Gasteiger partial charge in [-0.25, -0.2) is 4.79 Å². The summed E-state index contributed by atoms with van der Waals surface area (Å²) in [7, 11) is 0. The van der Waals surface area contributed by atoms with Gasteiger partial charge in [-0.05, 0) is 53.5 Å². The second-order valence-corrected chi connectivity index (χ2v) is 7.62. The van der Waals surface area contributed by atoms with Crippen molar-refractivity contribution in [1.29, 1.82) is 0 Å². The van der Waals surface area contributed by atoms with Gasteiger partial charge in [-0.1, -0.05) is 12.8 Å². The Hall–Kier alpha value is -1.98. The summed E-state index contributed by atoms with van der Waals surface area (Å²) in [5.74, 6) is 1.17. The largest absolute Gasteiger partial charge is 0.466 e. The lowest BCUT2D eigenvalue weighted by atomic mass is 9.96. The molecule has 1 aliphatic rings. The molecule has 6 nitrogen and oxygen atoms in total. The number of hydrogen-bond donors (Lipinski definition) is 2. The normalized spacial score (nSPS) is 16.7. The third-order valence-electron chi connectivity index (χ3n) is 4.19. The van der Waals surface area contributed by atoms with Crippen LogP contribution in [0.4, 0.5) is 4.79 Å². The molecule has 0 atom stereocenters. The highest BCUT2D eigenvalue weighted by Gasteiger charge is 2.37. The third-order valence-corrected chi connectivity index (χ3v) is 4.19. The maximum Gasteiger partial charge on any atom is 0.407 e. The van der Waals surface area contributed by atoms with E-state index in [2.05, 4.69) is 10.6 Å². The lowest BCUT2D eigenvalue weighted by Gasteiger charge is -2.31. The molecule has 0 bridgehead atoms. The number of aryl methyl sites for hydroxylation is 2. The lowest BCUT2D eigenvalue weighted by molar-refractivity contribution is 0.0504. The lowest BCUT2D eigenvalue weighted by Crippen LogP contribution is -2.54. The molecule has 1 aromatic heterocycles. The number of rotatable bonds is 4. The van der Waals surface area contributed by atoms with Crippen LogP contribution in [-0.2, 0) is 4.74 Å². The van der Waals surface area contributed by atoms with Crippen molar-refractivity contribution in [3.8, 4) is 0 Å². The SMILES string of the molecule is Cc1cc(C(=O)NC2(CNC(=O)OC(C)(C)C)CCCC2)c(C)o1. The number of furan rings is 1. The Morgan fingerprint density at radius 3 is 2.38 bits per heavy atom. The van der Waals surface area contributed by atoms with Crippen molar-refractivity contribution in [2.75, 3.05) is 6.54 Å². The van der Waals surface area contributed by atoms with Crippen molar-refractivity contribution in [1.82, 2.24) is 10.6 Å². The summed E-state index contributed by atoms with van der Waals surface area (Å²) in [6, 6.07) is 1.74. The minimum Gasteiger partial charge on any atom is -0.466 e. The van der Waals surface area contributed by atoms with E-state index >= 15 is 0 Å². The average Bonchev–Trinajstić information content (AvgIpc) is 3.02. The average molecular weight is 336 g/mol. The van der Waals surface area contributed by atoms with Crippen LogP contribution in [0.5, 0.6) is 0 Å². The van der Waals surface area contributed by atoms with Gasteiger partial charge in [0.25, 0.3) is 5.91 Å². The van der Waals surface area contributed by atoms with Gasteiger partial charge in [0.15, 0.2) is 0 Å². The topological polar surface area (TPSA) is 80.6 Å². The third kappa shape index (κ3) is 4.76. The van der Waals surface area contributed by atoms with Gasteiger partial charge >= 0.3 is 6.09 Å². The van der Waals surface area contributed by atoms with Gasteiger partial charge < -0.3 is 19.8 Å². The molecule has 1 heterocycles. The van der Waals surface area contributed by atoms with Gasteiger partial charge in [-0.3, -0.25) is 4.79 Å². The first-order valence-electron chi connectivity index (χ1n) is 8.47. The van der Waals surface area contributed by atoms with Crippen LogP contribution in [0.2, 0.25) is 0 Å². The Morgan fingerprint density at radius 2 is 1.88 bits per heavy atom. The van der Waals surface area contributed by atoms with Crippen molar-refractivity contribution in [3.63, 3.8) is 0 Å². The fourth-order valence-corrected chi connectivity index (χ4v) is 3.12. The summed E-state index contributed by atoms with van der Waals surface area (Å²) in [4.78, 5) is 24.5. The molecule has 0 spiro atoms. The molecule has 0 radical (unpaired) electrons. The number of amides is 2. The molecule has 2 rings (SSSR count). The molecule has 0 aliphatic heterocycles. The Bertz CT molecular complexity index is 607. The molecule has 6 heteroatoms. The molecule has 1 saturated carbocycles. The molecule has 0 saturated heterocycles. The smallest absolute Gasteiger partial charge is 0.407 e. The molecule has 134 valence electrons. The molecule has 0 unspecified atom stereocenters. The number of carbonyl (C=O) groups excluding carboxylic acids is 2. The number of ether oxygens (including phenoxy) is 1. The Morgan fingerprint density at radius 1 is 1.25 bits per heavy atom. The zero-order valence-corrected chi connectivity index (χ0v) is 15.2. The standard InChI is InChI=1S/C18H28N2O4/c1-12-10-14(13(2)23-12)15(21)20-18(8-6-7-9-18)11-19-16(22)24-17(3,4)5/h10H,6-9,11H2,1-5H3,(H,19,22)(H,20,21). The van der Waals surface area contributed by atoms with E-state index < -0.39 is 17.2 Å². The zero-order chi connectivity index (χ0) is 18.0. The summed E-state index contributed by atoms with van der Waals surface area (Å²) < 4.78 is 10.7. The van der Waals surface area contributed by atoms with Crippen molar-refractivity contribution in [2.24, 2.45) is 0 Å². The molecule has 1 aromatic rings. The molecule has 2 N–H and O–H groups in total. The zero-order valence-electron chi connectivity index (χ0n) is 15.2. The number of carbonyl (C=O) groups is 2. The Balaban J connectivity index is 2.01. The van der Waals surface area contributed by atoms with Crippen LogP contribution in [0.15, 0.2) is 10.5 Å². The molecule has 2 amide bonds. The summed E-state index contributed by atoms with van der Waals surface area (Å²) in [6.45, 7) is 9.43. The second kappa shape index (κ2) is 6.87. The van der Waals surface area contributed by atoms with Gasteiger partial charge in [0.05, 0.1) is 11.1 Å². The molecule has 24 heavy (non-hydrogen) atoms.